The number of anilines is 1. The molecule has 2 aromatic carbocycles. The van der Waals surface area contributed by atoms with Crippen molar-refractivity contribution in [2.24, 2.45) is 0 Å². The minimum Gasteiger partial charge on any atom is -0.454 e. The van der Waals surface area contributed by atoms with E-state index in [1.807, 2.05) is 30.3 Å². The average molecular weight is 283 g/mol. The molecule has 0 bridgehead atoms. The fourth-order valence-electron chi connectivity index (χ4n) is 2.45. The number of hydrogen-bond acceptors (Lipinski definition) is 3. The molecule has 1 N–H and O–H groups in total. The first kappa shape index (κ1) is 13.5. The third-order valence-corrected chi connectivity index (χ3v) is 3.50. The Labute approximate surface area is 123 Å². The number of carbonyl (C=O) groups is 1. The van der Waals surface area contributed by atoms with Crippen molar-refractivity contribution in [1.82, 2.24) is 0 Å². The van der Waals surface area contributed by atoms with Crippen LogP contribution >= 0.6 is 0 Å². The van der Waals surface area contributed by atoms with Gasteiger partial charge in [-0.3, -0.25) is 4.79 Å². The molecular weight excluding hydrogens is 266 g/mol. The predicted octanol–water partition coefficient (Wildman–Crippen LogP) is 3.60. The van der Waals surface area contributed by atoms with Crippen LogP contribution in [-0.2, 0) is 11.2 Å². The summed E-state index contributed by atoms with van der Waals surface area (Å²) in [4.78, 5) is 11.2. The Morgan fingerprint density at radius 1 is 1.10 bits per heavy atom. The first-order valence-electron chi connectivity index (χ1n) is 6.98. The first-order valence-corrected chi connectivity index (χ1v) is 6.98. The van der Waals surface area contributed by atoms with E-state index in [0.29, 0.717) is 0 Å². The summed E-state index contributed by atoms with van der Waals surface area (Å²) in [5.74, 6) is 1.50. The highest BCUT2D eigenvalue weighted by molar-refractivity contribution is 5.90. The summed E-state index contributed by atoms with van der Waals surface area (Å²) in [5, 5.41) is 2.86. The van der Waals surface area contributed by atoms with Crippen molar-refractivity contribution < 1.29 is 14.3 Å². The smallest absolute Gasteiger partial charge is 0.231 e. The molecule has 1 amide bonds. The molecule has 4 heteroatoms. The second kappa shape index (κ2) is 5.48. The Balaban J connectivity index is 1.97. The average Bonchev–Trinajstić information content (AvgIpc) is 2.94. The van der Waals surface area contributed by atoms with E-state index >= 15 is 0 Å². The van der Waals surface area contributed by atoms with Crippen LogP contribution in [-0.4, -0.2) is 12.7 Å². The van der Waals surface area contributed by atoms with Crippen LogP contribution < -0.4 is 14.8 Å². The van der Waals surface area contributed by atoms with Crippen LogP contribution in [0.5, 0.6) is 11.5 Å². The largest absolute Gasteiger partial charge is 0.454 e. The quantitative estimate of drug-likeness (QED) is 0.936. The van der Waals surface area contributed by atoms with Gasteiger partial charge in [-0.25, -0.2) is 0 Å². The lowest BCUT2D eigenvalue weighted by Gasteiger charge is -2.11. The van der Waals surface area contributed by atoms with Gasteiger partial charge in [0.2, 0.25) is 12.7 Å². The molecule has 0 spiro atoms. The van der Waals surface area contributed by atoms with E-state index in [1.165, 1.54) is 6.92 Å². The Morgan fingerprint density at radius 3 is 2.57 bits per heavy atom. The molecular formula is C17H17NO3. The van der Waals surface area contributed by atoms with E-state index in [4.69, 9.17) is 9.47 Å². The molecule has 108 valence electrons. The number of aryl methyl sites for hydroxylation is 1. The molecule has 0 radical (unpaired) electrons. The minimum atomic E-state index is -0.0551. The molecule has 0 saturated carbocycles. The van der Waals surface area contributed by atoms with E-state index in [9.17, 15) is 4.79 Å². The fraction of sp³-hybridized carbons (Fsp3) is 0.235. The molecule has 4 nitrogen and oxygen atoms in total. The number of hydrogen-bond donors (Lipinski definition) is 1. The number of carbonyl (C=O) groups excluding carboxylic acids is 1. The summed E-state index contributed by atoms with van der Waals surface area (Å²) in [6.45, 7) is 3.87. The van der Waals surface area contributed by atoms with E-state index in [1.54, 1.807) is 0 Å². The van der Waals surface area contributed by atoms with Gasteiger partial charge in [0.05, 0.1) is 0 Å². The summed E-state index contributed by atoms with van der Waals surface area (Å²) in [5.41, 5.74) is 4.15. The minimum absolute atomic E-state index is 0.0551. The number of fused-ring (bicyclic) bond motifs is 1. The highest BCUT2D eigenvalue weighted by atomic mass is 16.7. The second-order valence-electron chi connectivity index (χ2n) is 4.97. The van der Waals surface area contributed by atoms with Crippen LogP contribution in [0.3, 0.4) is 0 Å². The van der Waals surface area contributed by atoms with Gasteiger partial charge >= 0.3 is 0 Å². The number of benzene rings is 2. The van der Waals surface area contributed by atoms with Gasteiger partial charge in [-0.05, 0) is 47.4 Å². The van der Waals surface area contributed by atoms with Crippen molar-refractivity contribution in [3.8, 4) is 22.6 Å². The molecule has 2 aromatic rings. The van der Waals surface area contributed by atoms with Crippen LogP contribution in [0.2, 0.25) is 0 Å². The molecule has 1 heterocycles. The van der Waals surface area contributed by atoms with Gasteiger partial charge in [0.15, 0.2) is 11.5 Å². The Kier molecular flexibility index (Phi) is 3.52. The topological polar surface area (TPSA) is 47.6 Å². The van der Waals surface area contributed by atoms with Gasteiger partial charge in [-0.1, -0.05) is 19.1 Å². The zero-order chi connectivity index (χ0) is 14.8. The van der Waals surface area contributed by atoms with Crippen molar-refractivity contribution >= 4 is 11.6 Å². The fourth-order valence-corrected chi connectivity index (χ4v) is 2.45. The summed E-state index contributed by atoms with van der Waals surface area (Å²) in [6, 6.07) is 12.0. The molecule has 1 aliphatic rings. The Morgan fingerprint density at radius 2 is 1.81 bits per heavy atom. The summed E-state index contributed by atoms with van der Waals surface area (Å²) < 4.78 is 10.7. The van der Waals surface area contributed by atoms with Crippen molar-refractivity contribution in [2.75, 3.05) is 12.1 Å². The third kappa shape index (κ3) is 2.70. The predicted molar refractivity (Wildman–Crippen MR) is 81.7 cm³/mol. The van der Waals surface area contributed by atoms with E-state index < -0.39 is 0 Å². The van der Waals surface area contributed by atoms with Crippen LogP contribution in [0.1, 0.15) is 19.4 Å². The maximum atomic E-state index is 11.2. The van der Waals surface area contributed by atoms with Crippen molar-refractivity contribution in [2.45, 2.75) is 20.3 Å². The van der Waals surface area contributed by atoms with Crippen LogP contribution in [0, 0.1) is 0 Å². The molecule has 0 saturated heterocycles. The summed E-state index contributed by atoms with van der Waals surface area (Å²) in [7, 11) is 0. The SMILES string of the molecule is CCc1cc(-c2ccc3c(c2)OCO3)ccc1NC(C)=O. The monoisotopic (exact) mass is 283 g/mol. The van der Waals surface area contributed by atoms with Gasteiger partial charge in [0, 0.05) is 12.6 Å². The van der Waals surface area contributed by atoms with Crippen molar-refractivity contribution in [3.63, 3.8) is 0 Å². The number of rotatable bonds is 3. The Hall–Kier alpha value is -2.49. The van der Waals surface area contributed by atoms with Crippen LogP contribution in [0.15, 0.2) is 36.4 Å². The van der Waals surface area contributed by atoms with Crippen molar-refractivity contribution in [3.05, 3.63) is 42.0 Å². The van der Waals surface area contributed by atoms with Crippen LogP contribution in [0.4, 0.5) is 5.69 Å². The van der Waals surface area contributed by atoms with Gasteiger partial charge in [-0.15, -0.1) is 0 Å². The zero-order valence-electron chi connectivity index (χ0n) is 12.1. The van der Waals surface area contributed by atoms with Gasteiger partial charge in [0.25, 0.3) is 0 Å². The molecule has 0 unspecified atom stereocenters. The number of nitrogens with one attached hydrogen (secondary N) is 1. The van der Waals surface area contributed by atoms with E-state index in [2.05, 4.69) is 18.3 Å². The normalized spacial score (nSPS) is 12.3. The number of ether oxygens (including phenoxy) is 2. The van der Waals surface area contributed by atoms with Gasteiger partial charge in [-0.2, -0.15) is 0 Å². The summed E-state index contributed by atoms with van der Waals surface area (Å²) in [6.07, 6.45) is 0.855. The lowest BCUT2D eigenvalue weighted by atomic mass is 10.00. The third-order valence-electron chi connectivity index (χ3n) is 3.50. The molecule has 0 fully saturated rings. The second-order valence-corrected chi connectivity index (χ2v) is 4.97. The highest BCUT2D eigenvalue weighted by Crippen LogP contribution is 2.36. The molecule has 1 aliphatic heterocycles. The maximum absolute atomic E-state index is 11.2. The van der Waals surface area contributed by atoms with E-state index in [-0.39, 0.29) is 12.7 Å². The lowest BCUT2D eigenvalue weighted by Crippen LogP contribution is -2.07. The lowest BCUT2D eigenvalue weighted by molar-refractivity contribution is -0.114. The number of amides is 1. The Bertz CT molecular complexity index is 694. The van der Waals surface area contributed by atoms with Crippen molar-refractivity contribution in [1.29, 1.82) is 0 Å². The van der Waals surface area contributed by atoms with Gasteiger partial charge < -0.3 is 14.8 Å². The zero-order valence-corrected chi connectivity index (χ0v) is 12.1. The molecule has 0 atom stereocenters. The molecule has 0 aliphatic carbocycles. The van der Waals surface area contributed by atoms with Gasteiger partial charge in [0.1, 0.15) is 0 Å². The van der Waals surface area contributed by atoms with E-state index in [0.717, 1.165) is 40.3 Å². The molecule has 0 aromatic heterocycles. The standard InChI is InChI=1S/C17H17NO3/c1-3-12-8-13(4-6-15(12)18-11(2)19)14-5-7-16-17(9-14)21-10-20-16/h4-9H,3,10H2,1-2H3,(H,18,19). The summed E-state index contributed by atoms with van der Waals surface area (Å²) >= 11 is 0. The molecule has 3 rings (SSSR count). The maximum Gasteiger partial charge on any atom is 0.231 e. The highest BCUT2D eigenvalue weighted by Gasteiger charge is 2.14. The molecule has 21 heavy (non-hydrogen) atoms. The first-order chi connectivity index (χ1) is 10.2. The van der Waals surface area contributed by atoms with Crippen LogP contribution in [0.25, 0.3) is 11.1 Å².